The Bertz CT molecular complexity index is 1220. The predicted molar refractivity (Wildman–Crippen MR) is 131 cm³/mol. The highest BCUT2D eigenvalue weighted by molar-refractivity contribution is 8.00. The molecule has 0 aliphatic carbocycles. The van der Waals surface area contributed by atoms with E-state index in [2.05, 4.69) is 25.8 Å². The van der Waals surface area contributed by atoms with Crippen LogP contribution >= 0.6 is 11.8 Å². The number of aromatic nitrogens is 3. The Kier molecular flexibility index (Phi) is 8.25. The number of nitrogens with zero attached hydrogens (tertiary/aromatic N) is 2. The Balaban J connectivity index is 1.79. The van der Waals surface area contributed by atoms with E-state index in [1.807, 2.05) is 6.92 Å². The number of amides is 2. The molecule has 178 valence electrons. The number of thioether (sulfide) groups is 1. The third-order valence-electron chi connectivity index (χ3n) is 4.71. The Morgan fingerprint density at radius 2 is 1.74 bits per heavy atom. The quantitative estimate of drug-likeness (QED) is 0.395. The second-order valence-corrected chi connectivity index (χ2v) is 8.33. The topological polar surface area (TPSA) is 135 Å². The van der Waals surface area contributed by atoms with Crippen LogP contribution < -0.4 is 25.7 Å². The van der Waals surface area contributed by atoms with E-state index < -0.39 is 10.8 Å². The minimum absolute atomic E-state index is 0.0645. The van der Waals surface area contributed by atoms with E-state index in [4.69, 9.17) is 9.47 Å². The van der Waals surface area contributed by atoms with Crippen LogP contribution in [0.1, 0.15) is 20.3 Å². The molecule has 0 bridgehead atoms. The summed E-state index contributed by atoms with van der Waals surface area (Å²) in [5.74, 6) is 0.543. The summed E-state index contributed by atoms with van der Waals surface area (Å²) in [6.07, 6.45) is 0.481. The van der Waals surface area contributed by atoms with E-state index in [0.29, 0.717) is 34.9 Å². The third-order valence-corrected chi connectivity index (χ3v) is 5.94. The first-order valence-corrected chi connectivity index (χ1v) is 11.3. The lowest BCUT2D eigenvalue weighted by atomic mass is 10.1. The molecule has 0 saturated carbocycles. The van der Waals surface area contributed by atoms with Crippen LogP contribution in [0, 0.1) is 0 Å². The van der Waals surface area contributed by atoms with E-state index in [1.54, 1.807) is 42.5 Å². The number of carbonyl (C=O) groups excluding carboxylic acids is 2. The van der Waals surface area contributed by atoms with Gasteiger partial charge in [-0.3, -0.25) is 19.4 Å². The van der Waals surface area contributed by atoms with Gasteiger partial charge in [0.1, 0.15) is 11.5 Å². The molecule has 0 saturated heterocycles. The monoisotopic (exact) mass is 483 g/mol. The Hall–Kier alpha value is -3.86. The molecule has 0 aliphatic rings. The van der Waals surface area contributed by atoms with Crippen molar-refractivity contribution in [2.75, 3.05) is 24.9 Å². The van der Waals surface area contributed by atoms with E-state index >= 15 is 0 Å². The lowest BCUT2D eigenvalue weighted by molar-refractivity contribution is -0.116. The van der Waals surface area contributed by atoms with E-state index in [1.165, 1.54) is 21.1 Å². The number of anilines is 2. The summed E-state index contributed by atoms with van der Waals surface area (Å²) in [6, 6.07) is 11.9. The minimum Gasteiger partial charge on any atom is -0.497 e. The van der Waals surface area contributed by atoms with Gasteiger partial charge in [0.15, 0.2) is 10.9 Å². The molecule has 10 nitrogen and oxygen atoms in total. The number of ether oxygens (including phenoxy) is 2. The van der Waals surface area contributed by atoms with E-state index in [9.17, 15) is 14.4 Å². The number of methoxy groups -OCH3 is 2. The summed E-state index contributed by atoms with van der Waals surface area (Å²) >= 11 is 1.10. The maximum Gasteiger partial charge on any atom is 0.278 e. The highest BCUT2D eigenvalue weighted by Crippen LogP contribution is 2.28. The van der Waals surface area contributed by atoms with Crippen LogP contribution in [-0.2, 0) is 9.59 Å². The molecular formula is C23H25N5O5S. The van der Waals surface area contributed by atoms with Crippen molar-refractivity contribution in [2.24, 2.45) is 0 Å². The van der Waals surface area contributed by atoms with Crippen molar-refractivity contribution in [1.29, 1.82) is 0 Å². The van der Waals surface area contributed by atoms with Crippen molar-refractivity contribution < 1.29 is 19.1 Å². The number of para-hydroxylation sites is 1. The number of benzene rings is 2. The Morgan fingerprint density at radius 1 is 1.06 bits per heavy atom. The first kappa shape index (κ1) is 24.8. The molecule has 1 aromatic heterocycles. The molecule has 3 N–H and O–H groups in total. The summed E-state index contributed by atoms with van der Waals surface area (Å²) in [6.45, 7) is 3.23. The first-order chi connectivity index (χ1) is 16.3. The van der Waals surface area contributed by atoms with Crippen LogP contribution in [0.5, 0.6) is 11.5 Å². The number of nitrogens with one attached hydrogen (secondary N) is 3. The normalized spacial score (nSPS) is 11.4. The van der Waals surface area contributed by atoms with Gasteiger partial charge in [-0.2, -0.15) is 0 Å². The molecule has 2 amide bonds. The second kappa shape index (κ2) is 11.3. The molecule has 3 rings (SSSR count). The van der Waals surface area contributed by atoms with Crippen LogP contribution in [0.25, 0.3) is 11.3 Å². The van der Waals surface area contributed by atoms with Gasteiger partial charge in [-0.05, 0) is 12.5 Å². The summed E-state index contributed by atoms with van der Waals surface area (Å²) < 4.78 is 10.5. The molecule has 1 atom stereocenters. The molecule has 0 spiro atoms. The molecule has 1 heterocycles. The van der Waals surface area contributed by atoms with Crippen LogP contribution in [-0.4, -0.2) is 46.5 Å². The van der Waals surface area contributed by atoms with E-state index in [0.717, 1.165) is 11.8 Å². The SMILES string of the molecule is CC[C@H](Sc1nnc(-c2ccccc2NC(C)=O)c(=O)[nH]1)C(=O)Nc1cc(OC)cc(OC)c1. The summed E-state index contributed by atoms with van der Waals surface area (Å²) in [5, 5.41) is 13.3. The maximum absolute atomic E-state index is 12.9. The number of carbonyl (C=O) groups is 2. The standard InChI is InChI=1S/C23H25N5O5S/c1-5-19(21(30)25-14-10-15(32-3)12-16(11-14)33-4)34-23-26-22(31)20(27-28-23)17-8-6-7-9-18(17)24-13(2)29/h6-12,19H,5H2,1-4H3,(H,24,29)(H,25,30)(H,26,28,31)/t19-/m0/s1. The Morgan fingerprint density at radius 3 is 2.32 bits per heavy atom. The van der Waals surface area contributed by atoms with Crippen LogP contribution in [0.3, 0.4) is 0 Å². The molecular weight excluding hydrogens is 458 g/mol. The zero-order valence-electron chi connectivity index (χ0n) is 19.2. The molecule has 3 aromatic rings. The van der Waals surface area contributed by atoms with Crippen molar-refractivity contribution in [3.05, 3.63) is 52.8 Å². The first-order valence-electron chi connectivity index (χ1n) is 10.4. The molecule has 0 radical (unpaired) electrons. The summed E-state index contributed by atoms with van der Waals surface area (Å²) in [4.78, 5) is 39.8. The maximum atomic E-state index is 12.9. The molecule has 34 heavy (non-hydrogen) atoms. The third kappa shape index (κ3) is 6.13. The molecule has 0 fully saturated rings. The van der Waals surface area contributed by atoms with Gasteiger partial charge in [-0.25, -0.2) is 0 Å². The largest absolute Gasteiger partial charge is 0.497 e. The van der Waals surface area contributed by atoms with Gasteiger partial charge >= 0.3 is 0 Å². The number of aromatic amines is 1. The fraction of sp³-hybridized carbons (Fsp3) is 0.261. The van der Waals surface area contributed by atoms with Crippen LogP contribution in [0.15, 0.2) is 52.4 Å². The van der Waals surface area contributed by atoms with Crippen molar-refractivity contribution in [3.8, 4) is 22.8 Å². The molecule has 11 heteroatoms. The molecule has 2 aromatic carbocycles. The number of hydrogen-bond donors (Lipinski definition) is 3. The number of rotatable bonds is 9. The molecule has 0 aliphatic heterocycles. The summed E-state index contributed by atoms with van der Waals surface area (Å²) in [5.41, 5.74) is 0.997. The van der Waals surface area contributed by atoms with Gasteiger partial charge in [0, 0.05) is 36.4 Å². The lowest BCUT2D eigenvalue weighted by Crippen LogP contribution is -2.25. The zero-order chi connectivity index (χ0) is 24.7. The van der Waals surface area contributed by atoms with Crippen molar-refractivity contribution >= 4 is 35.0 Å². The lowest BCUT2D eigenvalue weighted by Gasteiger charge is -2.15. The van der Waals surface area contributed by atoms with Crippen LogP contribution in [0.4, 0.5) is 11.4 Å². The highest BCUT2D eigenvalue weighted by atomic mass is 32.2. The van der Waals surface area contributed by atoms with Crippen LogP contribution in [0.2, 0.25) is 0 Å². The average molecular weight is 484 g/mol. The van der Waals surface area contributed by atoms with Gasteiger partial charge in [-0.15, -0.1) is 10.2 Å². The zero-order valence-corrected chi connectivity index (χ0v) is 20.0. The molecule has 0 unspecified atom stereocenters. The second-order valence-electron chi connectivity index (χ2n) is 7.14. The fourth-order valence-electron chi connectivity index (χ4n) is 3.10. The fourth-order valence-corrected chi connectivity index (χ4v) is 3.94. The smallest absolute Gasteiger partial charge is 0.278 e. The average Bonchev–Trinajstić information content (AvgIpc) is 2.82. The van der Waals surface area contributed by atoms with Gasteiger partial charge in [0.2, 0.25) is 11.8 Å². The van der Waals surface area contributed by atoms with Gasteiger partial charge in [0.25, 0.3) is 5.56 Å². The van der Waals surface area contributed by atoms with Crippen molar-refractivity contribution in [2.45, 2.75) is 30.7 Å². The highest BCUT2D eigenvalue weighted by Gasteiger charge is 2.21. The van der Waals surface area contributed by atoms with Gasteiger partial charge in [-0.1, -0.05) is 36.9 Å². The van der Waals surface area contributed by atoms with E-state index in [-0.39, 0.29) is 22.7 Å². The number of H-pyrrole nitrogens is 1. The summed E-state index contributed by atoms with van der Waals surface area (Å²) in [7, 11) is 3.05. The number of hydrogen-bond acceptors (Lipinski definition) is 8. The minimum atomic E-state index is -0.542. The van der Waals surface area contributed by atoms with Gasteiger partial charge in [0.05, 0.1) is 25.2 Å². The van der Waals surface area contributed by atoms with Crippen molar-refractivity contribution in [1.82, 2.24) is 15.2 Å². The van der Waals surface area contributed by atoms with Gasteiger partial charge < -0.3 is 20.1 Å². The Labute approximate surface area is 200 Å². The predicted octanol–water partition coefficient (Wildman–Crippen LogP) is 3.32. The van der Waals surface area contributed by atoms with Crippen molar-refractivity contribution in [3.63, 3.8) is 0 Å².